The summed E-state index contributed by atoms with van der Waals surface area (Å²) in [6.07, 6.45) is -0.352. The maximum absolute atomic E-state index is 13.8. The van der Waals surface area contributed by atoms with Crippen molar-refractivity contribution in [2.45, 2.75) is 77.9 Å². The summed E-state index contributed by atoms with van der Waals surface area (Å²) >= 11 is 0. The summed E-state index contributed by atoms with van der Waals surface area (Å²) in [6.45, 7) is 17.9. The topological polar surface area (TPSA) is 56.6 Å². The minimum atomic E-state index is -1.99. The van der Waals surface area contributed by atoms with Gasteiger partial charge in [0.25, 0.3) is 0 Å². The SMILES string of the molecule is CC(C)(C)OC(=O)N1Cc2cc(-c3cccc(F)c3)nn2C(CO[Si](C)(C)C(C)(C)C)C1. The van der Waals surface area contributed by atoms with Crippen LogP contribution in [0.5, 0.6) is 0 Å². The summed E-state index contributed by atoms with van der Waals surface area (Å²) in [7, 11) is -1.99. The van der Waals surface area contributed by atoms with Crippen LogP contribution in [-0.4, -0.2) is 47.8 Å². The molecule has 1 aliphatic heterocycles. The summed E-state index contributed by atoms with van der Waals surface area (Å²) < 4.78 is 27.8. The highest BCUT2D eigenvalue weighted by molar-refractivity contribution is 6.74. The highest BCUT2D eigenvalue weighted by atomic mass is 28.4. The van der Waals surface area contributed by atoms with Gasteiger partial charge in [-0.3, -0.25) is 4.68 Å². The van der Waals surface area contributed by atoms with Gasteiger partial charge in [0.05, 0.1) is 30.6 Å². The molecule has 32 heavy (non-hydrogen) atoms. The Balaban J connectivity index is 1.91. The van der Waals surface area contributed by atoms with Crippen LogP contribution in [0.15, 0.2) is 30.3 Å². The predicted molar refractivity (Wildman–Crippen MR) is 126 cm³/mol. The fourth-order valence-corrected chi connectivity index (χ4v) is 4.40. The van der Waals surface area contributed by atoms with E-state index in [4.69, 9.17) is 14.3 Å². The van der Waals surface area contributed by atoms with E-state index >= 15 is 0 Å². The number of fused-ring (bicyclic) bond motifs is 1. The summed E-state index contributed by atoms with van der Waals surface area (Å²) in [5.74, 6) is -0.304. The average molecular weight is 462 g/mol. The van der Waals surface area contributed by atoms with Gasteiger partial charge in [-0.05, 0) is 57.1 Å². The van der Waals surface area contributed by atoms with Gasteiger partial charge < -0.3 is 14.1 Å². The fourth-order valence-electron chi connectivity index (χ4n) is 3.36. The van der Waals surface area contributed by atoms with Crippen molar-refractivity contribution in [2.75, 3.05) is 13.2 Å². The summed E-state index contributed by atoms with van der Waals surface area (Å²) in [4.78, 5) is 14.5. The molecule has 1 aromatic heterocycles. The van der Waals surface area contributed by atoms with Crippen LogP contribution in [0.1, 0.15) is 53.3 Å². The maximum atomic E-state index is 13.8. The fraction of sp³-hybridized carbons (Fsp3) is 0.583. The molecule has 0 aliphatic carbocycles. The van der Waals surface area contributed by atoms with Gasteiger partial charge in [0.2, 0.25) is 0 Å². The molecule has 0 bridgehead atoms. The first-order valence-corrected chi connectivity index (χ1v) is 14.0. The minimum Gasteiger partial charge on any atom is -0.444 e. The molecule has 0 fully saturated rings. The number of aromatic nitrogens is 2. The Morgan fingerprint density at radius 1 is 1.19 bits per heavy atom. The number of hydrogen-bond donors (Lipinski definition) is 0. The van der Waals surface area contributed by atoms with Gasteiger partial charge >= 0.3 is 6.09 Å². The molecule has 1 amide bonds. The van der Waals surface area contributed by atoms with Gasteiger partial charge in [0.15, 0.2) is 8.32 Å². The lowest BCUT2D eigenvalue weighted by atomic mass is 10.1. The lowest BCUT2D eigenvalue weighted by Gasteiger charge is -2.39. The molecule has 1 unspecified atom stereocenters. The van der Waals surface area contributed by atoms with Crippen LogP contribution in [0.25, 0.3) is 11.3 Å². The first kappa shape index (κ1) is 24.4. The number of nitrogens with zero attached hydrogens (tertiary/aromatic N) is 3. The number of carbonyl (C=O) groups excluding carboxylic acids is 1. The van der Waals surface area contributed by atoms with Crippen LogP contribution in [0.3, 0.4) is 0 Å². The Morgan fingerprint density at radius 3 is 2.47 bits per heavy atom. The standard InChI is InChI=1S/C24H36FN3O3Si/c1-23(2,3)31-22(29)27-14-19-13-21(17-10-9-11-18(25)12-17)26-28(19)20(15-27)16-30-32(7,8)24(4,5)6/h9-13,20H,14-16H2,1-8H3. The zero-order valence-corrected chi connectivity index (χ0v) is 21.5. The second kappa shape index (κ2) is 8.63. The lowest BCUT2D eigenvalue weighted by Crippen LogP contribution is -2.47. The van der Waals surface area contributed by atoms with Gasteiger partial charge in [0.1, 0.15) is 11.4 Å². The summed E-state index contributed by atoms with van der Waals surface area (Å²) in [5.41, 5.74) is 1.70. The van der Waals surface area contributed by atoms with Crippen molar-refractivity contribution >= 4 is 14.4 Å². The van der Waals surface area contributed by atoms with E-state index in [1.807, 2.05) is 37.6 Å². The van der Waals surface area contributed by atoms with Crippen molar-refractivity contribution in [1.29, 1.82) is 0 Å². The zero-order valence-electron chi connectivity index (χ0n) is 20.5. The Morgan fingerprint density at radius 2 is 1.88 bits per heavy atom. The van der Waals surface area contributed by atoms with Crippen LogP contribution < -0.4 is 0 Å². The molecule has 2 aromatic rings. The van der Waals surface area contributed by atoms with Gasteiger partial charge in [-0.15, -0.1) is 0 Å². The quantitative estimate of drug-likeness (QED) is 0.524. The third kappa shape index (κ3) is 5.59. The molecule has 0 radical (unpaired) electrons. The van der Waals surface area contributed by atoms with E-state index in [9.17, 15) is 9.18 Å². The highest BCUT2D eigenvalue weighted by Crippen LogP contribution is 2.37. The van der Waals surface area contributed by atoms with Crippen LogP contribution in [0.2, 0.25) is 18.1 Å². The zero-order chi connectivity index (χ0) is 23.9. The van der Waals surface area contributed by atoms with E-state index in [-0.39, 0.29) is 23.0 Å². The molecule has 1 aliphatic rings. The molecule has 176 valence electrons. The van der Waals surface area contributed by atoms with Crippen molar-refractivity contribution in [1.82, 2.24) is 14.7 Å². The van der Waals surface area contributed by atoms with E-state index in [0.717, 1.165) is 5.69 Å². The first-order chi connectivity index (χ1) is 14.7. The van der Waals surface area contributed by atoms with E-state index in [1.54, 1.807) is 11.0 Å². The number of amides is 1. The van der Waals surface area contributed by atoms with Gasteiger partial charge in [-0.1, -0.05) is 32.9 Å². The van der Waals surface area contributed by atoms with Crippen LogP contribution >= 0.6 is 0 Å². The largest absolute Gasteiger partial charge is 0.444 e. The van der Waals surface area contributed by atoms with Crippen molar-refractivity contribution < 1.29 is 18.3 Å². The van der Waals surface area contributed by atoms with Gasteiger partial charge in [0, 0.05) is 12.1 Å². The maximum Gasteiger partial charge on any atom is 0.410 e. The van der Waals surface area contributed by atoms with Crippen LogP contribution in [0.4, 0.5) is 9.18 Å². The van der Waals surface area contributed by atoms with Crippen LogP contribution in [0, 0.1) is 5.82 Å². The normalized spacial score (nSPS) is 17.3. The number of rotatable bonds is 4. The smallest absolute Gasteiger partial charge is 0.410 e. The molecule has 3 rings (SSSR count). The van der Waals surface area contributed by atoms with Gasteiger partial charge in [-0.25, -0.2) is 9.18 Å². The predicted octanol–water partition coefficient (Wildman–Crippen LogP) is 6.00. The Bertz CT molecular complexity index is 976. The molecule has 6 nitrogen and oxygen atoms in total. The number of carbonyl (C=O) groups is 1. The molecule has 8 heteroatoms. The first-order valence-electron chi connectivity index (χ1n) is 11.1. The molecular weight excluding hydrogens is 425 g/mol. The molecule has 0 saturated carbocycles. The lowest BCUT2D eigenvalue weighted by molar-refractivity contribution is 0.0132. The highest BCUT2D eigenvalue weighted by Gasteiger charge is 2.39. The van der Waals surface area contributed by atoms with E-state index in [1.165, 1.54) is 12.1 Å². The molecule has 1 aromatic carbocycles. The van der Waals surface area contributed by atoms with E-state index in [2.05, 4.69) is 33.9 Å². The second-order valence-corrected chi connectivity index (χ2v) is 15.9. The molecule has 1 atom stereocenters. The Labute approximate surface area is 191 Å². The third-order valence-electron chi connectivity index (χ3n) is 6.16. The number of halogens is 1. The minimum absolute atomic E-state index is 0.0756. The summed E-state index contributed by atoms with van der Waals surface area (Å²) in [5, 5.41) is 4.86. The molecular formula is C24H36FN3O3Si. The van der Waals surface area contributed by atoms with Crippen molar-refractivity contribution in [3.05, 3.63) is 41.8 Å². The van der Waals surface area contributed by atoms with Gasteiger partial charge in [-0.2, -0.15) is 5.10 Å². The molecule has 0 saturated heterocycles. The molecule has 2 heterocycles. The monoisotopic (exact) mass is 461 g/mol. The Kier molecular flexibility index (Phi) is 6.59. The Hall–Kier alpha value is -2.19. The van der Waals surface area contributed by atoms with E-state index < -0.39 is 13.9 Å². The number of benzene rings is 1. The second-order valence-electron chi connectivity index (χ2n) is 11.1. The summed E-state index contributed by atoms with van der Waals surface area (Å²) in [6, 6.07) is 8.17. The molecule has 0 spiro atoms. The third-order valence-corrected chi connectivity index (χ3v) is 10.7. The van der Waals surface area contributed by atoms with Crippen molar-refractivity contribution in [2.24, 2.45) is 0 Å². The molecule has 0 N–H and O–H groups in total. The number of ether oxygens (including phenoxy) is 1. The van der Waals surface area contributed by atoms with Crippen molar-refractivity contribution in [3.63, 3.8) is 0 Å². The van der Waals surface area contributed by atoms with E-state index in [0.29, 0.717) is 31.0 Å². The van der Waals surface area contributed by atoms with Crippen molar-refractivity contribution in [3.8, 4) is 11.3 Å². The number of hydrogen-bond acceptors (Lipinski definition) is 4. The average Bonchev–Trinajstić information content (AvgIpc) is 3.08. The van der Waals surface area contributed by atoms with Crippen LogP contribution in [-0.2, 0) is 15.7 Å².